The van der Waals surface area contributed by atoms with Crippen LogP contribution in [0.1, 0.15) is 36.5 Å². The maximum absolute atomic E-state index is 6.19. The normalized spacial score (nSPS) is 11.7. The fourth-order valence-electron chi connectivity index (χ4n) is 3.44. The smallest absolute Gasteiger partial charge is 0.141 e. The quantitative estimate of drug-likeness (QED) is 0.435. The first kappa shape index (κ1) is 18.9. The van der Waals surface area contributed by atoms with Crippen molar-refractivity contribution < 1.29 is 4.74 Å². The minimum Gasteiger partial charge on any atom is -0.491 e. The Balaban J connectivity index is 1.54. The van der Waals surface area contributed by atoms with E-state index in [2.05, 4.69) is 83.2 Å². The van der Waals surface area contributed by atoms with Gasteiger partial charge in [-0.1, -0.05) is 44.2 Å². The van der Waals surface area contributed by atoms with E-state index in [4.69, 9.17) is 4.74 Å². The summed E-state index contributed by atoms with van der Waals surface area (Å²) in [6.07, 6.45) is 7.08. The maximum Gasteiger partial charge on any atom is 0.141 e. The first-order valence-electron chi connectivity index (χ1n) is 9.82. The predicted octanol–water partition coefficient (Wildman–Crippen LogP) is 4.63. The van der Waals surface area contributed by atoms with Crippen LogP contribution in [-0.4, -0.2) is 32.3 Å². The highest BCUT2D eigenvalue weighted by Crippen LogP contribution is 2.27. The van der Waals surface area contributed by atoms with Crippen molar-refractivity contribution >= 4 is 17.1 Å². The Kier molecular flexibility index (Phi) is 5.42. The fraction of sp³-hybridized carbons (Fsp3) is 0.261. The van der Waals surface area contributed by atoms with Crippen LogP contribution in [0.3, 0.4) is 0 Å². The van der Waals surface area contributed by atoms with Crippen LogP contribution in [0, 0.1) is 6.92 Å². The van der Waals surface area contributed by atoms with Crippen molar-refractivity contribution in [2.45, 2.75) is 33.2 Å². The highest BCUT2D eigenvalue weighted by Gasteiger charge is 2.10. The number of hydrogen-bond donors (Lipinski definition) is 0. The maximum atomic E-state index is 6.19. The fourth-order valence-corrected chi connectivity index (χ4v) is 3.44. The molecule has 0 spiro atoms. The van der Waals surface area contributed by atoms with Crippen molar-refractivity contribution in [2.24, 2.45) is 5.10 Å². The summed E-state index contributed by atoms with van der Waals surface area (Å²) in [6, 6.07) is 14.8. The van der Waals surface area contributed by atoms with E-state index in [0.29, 0.717) is 12.5 Å². The van der Waals surface area contributed by atoms with E-state index in [1.54, 1.807) is 17.3 Å². The van der Waals surface area contributed by atoms with E-state index in [1.165, 1.54) is 11.1 Å². The van der Waals surface area contributed by atoms with Crippen LogP contribution in [0.2, 0.25) is 0 Å². The van der Waals surface area contributed by atoms with Crippen molar-refractivity contribution in [1.29, 1.82) is 0 Å². The molecule has 2 heterocycles. The monoisotopic (exact) mass is 387 g/mol. The lowest BCUT2D eigenvalue weighted by Crippen LogP contribution is -2.09. The average Bonchev–Trinajstić information content (AvgIpc) is 3.34. The molecule has 0 atom stereocenters. The summed E-state index contributed by atoms with van der Waals surface area (Å²) in [5.41, 5.74) is 4.67. The Morgan fingerprint density at radius 3 is 2.69 bits per heavy atom. The molecule has 148 valence electrons. The standard InChI is InChI=1S/C23H25N5O/c1-17(2)20-9-8-18(3)12-23(20)29-11-10-27-14-19(13-26-28-15-24-25-16-28)21-6-4-5-7-22(21)27/h4-9,12-17H,10-11H2,1-3H3. The van der Waals surface area contributed by atoms with Gasteiger partial charge in [-0.05, 0) is 36.1 Å². The molecule has 0 aliphatic rings. The molecule has 0 bridgehead atoms. The first-order chi connectivity index (χ1) is 14.1. The number of benzene rings is 2. The molecule has 6 nitrogen and oxygen atoms in total. The molecular weight excluding hydrogens is 362 g/mol. The van der Waals surface area contributed by atoms with Gasteiger partial charge < -0.3 is 9.30 Å². The molecular formula is C23H25N5O. The molecule has 6 heteroatoms. The van der Waals surface area contributed by atoms with E-state index >= 15 is 0 Å². The van der Waals surface area contributed by atoms with Gasteiger partial charge >= 0.3 is 0 Å². The molecule has 0 saturated carbocycles. The zero-order valence-corrected chi connectivity index (χ0v) is 17.0. The van der Waals surface area contributed by atoms with Crippen LogP contribution in [0.5, 0.6) is 5.75 Å². The molecule has 0 saturated heterocycles. The number of fused-ring (bicyclic) bond motifs is 1. The van der Waals surface area contributed by atoms with Crippen molar-refractivity contribution in [2.75, 3.05) is 6.61 Å². The Bertz CT molecular complexity index is 1130. The lowest BCUT2D eigenvalue weighted by atomic mass is 10.0. The van der Waals surface area contributed by atoms with Gasteiger partial charge in [0.15, 0.2) is 0 Å². The summed E-state index contributed by atoms with van der Waals surface area (Å²) in [5.74, 6) is 1.41. The molecule has 29 heavy (non-hydrogen) atoms. The summed E-state index contributed by atoms with van der Waals surface area (Å²) in [7, 11) is 0. The number of aromatic nitrogens is 4. The first-order valence-corrected chi connectivity index (χ1v) is 9.82. The molecule has 2 aromatic carbocycles. The number of ether oxygens (including phenoxy) is 1. The van der Waals surface area contributed by atoms with Crippen molar-refractivity contribution in [3.8, 4) is 5.75 Å². The molecule has 0 N–H and O–H groups in total. The van der Waals surface area contributed by atoms with Crippen LogP contribution in [0.25, 0.3) is 10.9 Å². The predicted molar refractivity (Wildman–Crippen MR) is 116 cm³/mol. The van der Waals surface area contributed by atoms with E-state index in [-0.39, 0.29) is 0 Å². The molecule has 4 rings (SSSR count). The minimum atomic E-state index is 0.429. The molecule has 4 aromatic rings. The zero-order chi connectivity index (χ0) is 20.2. The van der Waals surface area contributed by atoms with E-state index < -0.39 is 0 Å². The van der Waals surface area contributed by atoms with Gasteiger partial charge in [0.25, 0.3) is 0 Å². The minimum absolute atomic E-state index is 0.429. The van der Waals surface area contributed by atoms with Crippen LogP contribution in [0.4, 0.5) is 0 Å². The Labute approximate surface area is 170 Å². The van der Waals surface area contributed by atoms with Gasteiger partial charge in [0, 0.05) is 22.7 Å². The van der Waals surface area contributed by atoms with Gasteiger partial charge in [0.2, 0.25) is 0 Å². The molecule has 0 aliphatic carbocycles. The number of hydrogen-bond acceptors (Lipinski definition) is 4. The molecule has 0 unspecified atom stereocenters. The summed E-state index contributed by atoms with van der Waals surface area (Å²) in [4.78, 5) is 0. The number of para-hydroxylation sites is 1. The van der Waals surface area contributed by atoms with Crippen LogP contribution >= 0.6 is 0 Å². The summed E-state index contributed by atoms with van der Waals surface area (Å²) in [6.45, 7) is 7.84. The van der Waals surface area contributed by atoms with Crippen LogP contribution in [-0.2, 0) is 6.54 Å². The van der Waals surface area contributed by atoms with Gasteiger partial charge in [-0.15, -0.1) is 10.2 Å². The van der Waals surface area contributed by atoms with E-state index in [9.17, 15) is 0 Å². The second-order valence-corrected chi connectivity index (χ2v) is 7.43. The second kappa shape index (κ2) is 8.31. The summed E-state index contributed by atoms with van der Waals surface area (Å²) >= 11 is 0. The van der Waals surface area contributed by atoms with Gasteiger partial charge in [-0.2, -0.15) is 5.10 Å². The third kappa shape index (κ3) is 4.21. The largest absolute Gasteiger partial charge is 0.491 e. The average molecular weight is 387 g/mol. The van der Waals surface area contributed by atoms with Gasteiger partial charge in [0.05, 0.1) is 12.8 Å². The third-order valence-corrected chi connectivity index (χ3v) is 4.94. The Morgan fingerprint density at radius 2 is 1.90 bits per heavy atom. The molecule has 0 fully saturated rings. The van der Waals surface area contributed by atoms with Crippen molar-refractivity contribution in [3.05, 3.63) is 78.0 Å². The van der Waals surface area contributed by atoms with Crippen LogP contribution < -0.4 is 4.74 Å². The lowest BCUT2D eigenvalue weighted by molar-refractivity contribution is 0.296. The van der Waals surface area contributed by atoms with Gasteiger partial charge in [0.1, 0.15) is 25.0 Å². The summed E-state index contributed by atoms with van der Waals surface area (Å²) in [5, 5.41) is 13.1. The topological polar surface area (TPSA) is 57.2 Å². The van der Waals surface area contributed by atoms with Crippen molar-refractivity contribution in [3.63, 3.8) is 0 Å². The highest BCUT2D eigenvalue weighted by molar-refractivity contribution is 5.99. The Morgan fingerprint density at radius 1 is 1.10 bits per heavy atom. The molecule has 0 amide bonds. The molecule has 0 radical (unpaired) electrons. The van der Waals surface area contributed by atoms with Gasteiger partial charge in [-0.25, -0.2) is 4.68 Å². The van der Waals surface area contributed by atoms with E-state index in [0.717, 1.165) is 28.8 Å². The highest BCUT2D eigenvalue weighted by atomic mass is 16.5. The lowest BCUT2D eigenvalue weighted by Gasteiger charge is -2.15. The number of rotatable bonds is 7. The molecule has 2 aromatic heterocycles. The van der Waals surface area contributed by atoms with Crippen LogP contribution in [0.15, 0.2) is 66.4 Å². The number of nitrogens with zero attached hydrogens (tertiary/aromatic N) is 5. The van der Waals surface area contributed by atoms with Crippen molar-refractivity contribution in [1.82, 2.24) is 19.4 Å². The Hall–Kier alpha value is -3.41. The van der Waals surface area contributed by atoms with Gasteiger partial charge in [-0.3, -0.25) is 0 Å². The second-order valence-electron chi connectivity index (χ2n) is 7.43. The summed E-state index contributed by atoms with van der Waals surface area (Å²) < 4.78 is 9.98. The zero-order valence-electron chi connectivity index (χ0n) is 17.0. The third-order valence-electron chi connectivity index (χ3n) is 4.94. The SMILES string of the molecule is Cc1ccc(C(C)C)c(OCCn2cc(C=Nn3cnnc3)c3ccccc32)c1. The van der Waals surface area contributed by atoms with E-state index in [1.807, 2.05) is 12.3 Å². The molecule has 0 aliphatic heterocycles. The number of aryl methyl sites for hydroxylation is 1.